The largest absolute Gasteiger partial charge is 0.497 e. The second-order valence-electron chi connectivity index (χ2n) is 5.48. The highest BCUT2D eigenvalue weighted by atomic mass is 32.2. The molecule has 122 valence electrons. The van der Waals surface area contributed by atoms with Gasteiger partial charge in [-0.3, -0.25) is 0 Å². The van der Waals surface area contributed by atoms with Crippen LogP contribution in [-0.2, 0) is 16.4 Å². The highest BCUT2D eigenvalue weighted by Crippen LogP contribution is 2.22. The second kappa shape index (κ2) is 6.70. The number of ether oxygens (including phenoxy) is 1. The maximum atomic E-state index is 12.4. The van der Waals surface area contributed by atoms with E-state index >= 15 is 0 Å². The molecule has 6 heteroatoms. The number of rotatable bonds is 5. The van der Waals surface area contributed by atoms with Gasteiger partial charge in [-0.05, 0) is 48.4 Å². The van der Waals surface area contributed by atoms with Crippen LogP contribution in [0.5, 0.6) is 5.75 Å². The first-order valence-electron chi connectivity index (χ1n) is 7.55. The van der Waals surface area contributed by atoms with Crippen LogP contribution < -0.4 is 14.8 Å². The van der Waals surface area contributed by atoms with Gasteiger partial charge in [0.2, 0.25) is 10.0 Å². The summed E-state index contributed by atoms with van der Waals surface area (Å²) >= 11 is 0. The molecule has 0 fully saturated rings. The average molecular weight is 332 g/mol. The Morgan fingerprint density at radius 3 is 2.65 bits per heavy atom. The first-order chi connectivity index (χ1) is 11.1. The SMILES string of the molecule is COc1ccc(S(=O)(=O)NCC2NCCc3ccccc32)cc1. The summed E-state index contributed by atoms with van der Waals surface area (Å²) in [4.78, 5) is 0.238. The first-order valence-corrected chi connectivity index (χ1v) is 9.03. The number of nitrogens with one attached hydrogen (secondary N) is 2. The summed E-state index contributed by atoms with van der Waals surface area (Å²) in [7, 11) is -1.98. The quantitative estimate of drug-likeness (QED) is 0.877. The molecule has 0 spiro atoms. The van der Waals surface area contributed by atoms with E-state index in [1.807, 2.05) is 18.2 Å². The lowest BCUT2D eigenvalue weighted by Crippen LogP contribution is -2.38. The van der Waals surface area contributed by atoms with Gasteiger partial charge in [0.15, 0.2) is 0 Å². The van der Waals surface area contributed by atoms with Crippen molar-refractivity contribution < 1.29 is 13.2 Å². The summed E-state index contributed by atoms with van der Waals surface area (Å²) in [5, 5.41) is 3.37. The molecule has 0 radical (unpaired) electrons. The van der Waals surface area contributed by atoms with Gasteiger partial charge in [-0.1, -0.05) is 24.3 Å². The summed E-state index contributed by atoms with van der Waals surface area (Å²) < 4.78 is 32.6. The van der Waals surface area contributed by atoms with E-state index in [1.165, 1.54) is 5.56 Å². The lowest BCUT2D eigenvalue weighted by atomic mass is 9.95. The van der Waals surface area contributed by atoms with Gasteiger partial charge in [-0.15, -0.1) is 0 Å². The third-order valence-electron chi connectivity index (χ3n) is 4.06. The van der Waals surface area contributed by atoms with E-state index in [9.17, 15) is 8.42 Å². The smallest absolute Gasteiger partial charge is 0.240 e. The Morgan fingerprint density at radius 2 is 1.91 bits per heavy atom. The van der Waals surface area contributed by atoms with Crippen molar-refractivity contribution in [1.82, 2.24) is 10.0 Å². The van der Waals surface area contributed by atoms with E-state index in [-0.39, 0.29) is 10.9 Å². The zero-order valence-corrected chi connectivity index (χ0v) is 13.8. The van der Waals surface area contributed by atoms with Gasteiger partial charge in [0.25, 0.3) is 0 Å². The number of benzene rings is 2. The van der Waals surface area contributed by atoms with Crippen LogP contribution in [0.25, 0.3) is 0 Å². The van der Waals surface area contributed by atoms with Crippen LogP contribution in [0.1, 0.15) is 17.2 Å². The molecule has 1 aliphatic rings. The molecule has 0 saturated heterocycles. The molecule has 23 heavy (non-hydrogen) atoms. The maximum absolute atomic E-state index is 12.4. The fourth-order valence-electron chi connectivity index (χ4n) is 2.81. The molecule has 0 saturated carbocycles. The van der Waals surface area contributed by atoms with Crippen molar-refractivity contribution in [2.24, 2.45) is 0 Å². The topological polar surface area (TPSA) is 67.4 Å². The number of hydrogen-bond donors (Lipinski definition) is 2. The Kier molecular flexibility index (Phi) is 4.66. The summed E-state index contributed by atoms with van der Waals surface area (Å²) in [6.07, 6.45) is 0.970. The minimum atomic E-state index is -3.53. The highest BCUT2D eigenvalue weighted by molar-refractivity contribution is 7.89. The minimum absolute atomic E-state index is 0.00651. The predicted octanol–water partition coefficient (Wildman–Crippen LogP) is 1.86. The summed E-state index contributed by atoms with van der Waals surface area (Å²) in [6.45, 7) is 1.18. The number of hydrogen-bond acceptors (Lipinski definition) is 4. The Hall–Kier alpha value is -1.89. The van der Waals surface area contributed by atoms with Gasteiger partial charge in [0.05, 0.1) is 12.0 Å². The Bertz CT molecular complexity index is 773. The lowest BCUT2D eigenvalue weighted by Gasteiger charge is -2.27. The van der Waals surface area contributed by atoms with Crippen LogP contribution in [0.3, 0.4) is 0 Å². The van der Waals surface area contributed by atoms with Crippen molar-refractivity contribution in [2.75, 3.05) is 20.2 Å². The second-order valence-corrected chi connectivity index (χ2v) is 7.25. The van der Waals surface area contributed by atoms with E-state index in [2.05, 4.69) is 16.1 Å². The molecule has 1 heterocycles. The molecule has 2 N–H and O–H groups in total. The number of sulfonamides is 1. The Labute approximate surface area is 136 Å². The summed E-state index contributed by atoms with van der Waals surface area (Å²) in [5.41, 5.74) is 2.44. The van der Waals surface area contributed by atoms with Crippen molar-refractivity contribution in [1.29, 1.82) is 0 Å². The van der Waals surface area contributed by atoms with Gasteiger partial charge in [0, 0.05) is 12.6 Å². The van der Waals surface area contributed by atoms with Gasteiger partial charge >= 0.3 is 0 Å². The normalized spacial score (nSPS) is 17.5. The van der Waals surface area contributed by atoms with Crippen molar-refractivity contribution >= 4 is 10.0 Å². The van der Waals surface area contributed by atoms with Gasteiger partial charge < -0.3 is 10.1 Å². The number of fused-ring (bicyclic) bond motifs is 1. The molecule has 1 atom stereocenters. The van der Waals surface area contributed by atoms with E-state index < -0.39 is 10.0 Å². The monoisotopic (exact) mass is 332 g/mol. The highest BCUT2D eigenvalue weighted by Gasteiger charge is 2.22. The molecule has 1 unspecified atom stereocenters. The third kappa shape index (κ3) is 3.55. The lowest BCUT2D eigenvalue weighted by molar-refractivity contribution is 0.414. The van der Waals surface area contributed by atoms with Crippen molar-refractivity contribution in [3.63, 3.8) is 0 Å². The standard InChI is InChI=1S/C17H20N2O3S/c1-22-14-6-8-15(9-7-14)23(20,21)19-12-17-16-5-3-2-4-13(16)10-11-18-17/h2-9,17-19H,10-12H2,1H3. The fourth-order valence-corrected chi connectivity index (χ4v) is 3.85. The van der Waals surface area contributed by atoms with Crippen LogP contribution in [-0.4, -0.2) is 28.6 Å². The summed E-state index contributed by atoms with van der Waals surface area (Å²) in [5.74, 6) is 0.631. The van der Waals surface area contributed by atoms with E-state index in [0.29, 0.717) is 12.3 Å². The molecule has 2 aromatic rings. The Morgan fingerprint density at radius 1 is 1.17 bits per heavy atom. The van der Waals surface area contributed by atoms with Crippen LogP contribution in [0.15, 0.2) is 53.4 Å². The van der Waals surface area contributed by atoms with Crippen molar-refractivity contribution in [3.05, 3.63) is 59.7 Å². The molecular weight excluding hydrogens is 312 g/mol. The maximum Gasteiger partial charge on any atom is 0.240 e. The summed E-state index contributed by atoms with van der Waals surface area (Å²) in [6, 6.07) is 14.5. The van der Waals surface area contributed by atoms with E-state index in [0.717, 1.165) is 18.5 Å². The third-order valence-corrected chi connectivity index (χ3v) is 5.50. The molecular formula is C17H20N2O3S. The van der Waals surface area contributed by atoms with Gasteiger partial charge in [0.1, 0.15) is 5.75 Å². The zero-order chi connectivity index (χ0) is 16.3. The molecule has 0 aromatic heterocycles. The predicted molar refractivity (Wildman–Crippen MR) is 89.1 cm³/mol. The van der Waals surface area contributed by atoms with E-state index in [4.69, 9.17) is 4.74 Å². The average Bonchev–Trinajstić information content (AvgIpc) is 2.60. The molecule has 0 amide bonds. The van der Waals surface area contributed by atoms with Crippen molar-refractivity contribution in [3.8, 4) is 5.75 Å². The molecule has 2 aromatic carbocycles. The fraction of sp³-hybridized carbons (Fsp3) is 0.294. The van der Waals surface area contributed by atoms with Crippen LogP contribution in [0.4, 0.5) is 0 Å². The van der Waals surface area contributed by atoms with Crippen LogP contribution in [0.2, 0.25) is 0 Å². The number of methoxy groups -OCH3 is 1. The van der Waals surface area contributed by atoms with Crippen LogP contribution >= 0.6 is 0 Å². The Balaban J connectivity index is 1.72. The van der Waals surface area contributed by atoms with Gasteiger partial charge in [-0.25, -0.2) is 13.1 Å². The molecule has 1 aliphatic heterocycles. The van der Waals surface area contributed by atoms with Crippen molar-refractivity contribution in [2.45, 2.75) is 17.4 Å². The van der Waals surface area contributed by atoms with Crippen LogP contribution in [0, 0.1) is 0 Å². The first kappa shape index (κ1) is 16.0. The molecule has 0 bridgehead atoms. The molecule has 0 aliphatic carbocycles. The molecule has 3 rings (SSSR count). The van der Waals surface area contributed by atoms with Gasteiger partial charge in [-0.2, -0.15) is 0 Å². The van der Waals surface area contributed by atoms with E-state index in [1.54, 1.807) is 31.4 Å². The zero-order valence-electron chi connectivity index (χ0n) is 13.0. The molecule has 5 nitrogen and oxygen atoms in total. The minimum Gasteiger partial charge on any atom is -0.497 e.